The summed E-state index contributed by atoms with van der Waals surface area (Å²) in [6.07, 6.45) is 0. The van der Waals surface area contributed by atoms with Crippen molar-refractivity contribution in [1.29, 1.82) is 0 Å². The number of anilines is 3. The van der Waals surface area contributed by atoms with Crippen molar-refractivity contribution >= 4 is 23.3 Å². The fourth-order valence-electron chi connectivity index (χ4n) is 4.21. The van der Waals surface area contributed by atoms with Crippen LogP contribution in [0.3, 0.4) is 0 Å². The van der Waals surface area contributed by atoms with Gasteiger partial charge in [0.1, 0.15) is 0 Å². The SMILES string of the molecule is CCN1CCN(c2nc(N3CCN(Cc4ccccc4)CC3)nc(N)c2[N+](=O)[O-])CC1. The normalized spacial score (nSPS) is 18.4. The summed E-state index contributed by atoms with van der Waals surface area (Å²) in [5.41, 5.74) is 7.16. The van der Waals surface area contributed by atoms with Crippen LogP contribution in [0.25, 0.3) is 0 Å². The molecule has 4 rings (SSSR count). The molecule has 0 atom stereocenters. The average Bonchev–Trinajstić information content (AvgIpc) is 2.79. The smallest absolute Gasteiger partial charge is 0.353 e. The quantitative estimate of drug-likeness (QED) is 0.542. The third-order valence-electron chi connectivity index (χ3n) is 6.09. The van der Waals surface area contributed by atoms with E-state index in [1.165, 1.54) is 5.56 Å². The highest BCUT2D eigenvalue weighted by atomic mass is 16.6. The minimum atomic E-state index is -0.460. The molecule has 0 bridgehead atoms. The molecular weight excluding hydrogens is 396 g/mol. The van der Waals surface area contributed by atoms with Crippen LogP contribution in [0.1, 0.15) is 12.5 Å². The van der Waals surface area contributed by atoms with Gasteiger partial charge >= 0.3 is 5.69 Å². The van der Waals surface area contributed by atoms with Gasteiger partial charge in [-0.05, 0) is 12.1 Å². The van der Waals surface area contributed by atoms with Crippen molar-refractivity contribution in [3.05, 3.63) is 46.0 Å². The molecule has 166 valence electrons. The molecular formula is C21H30N8O2. The summed E-state index contributed by atoms with van der Waals surface area (Å²) in [7, 11) is 0. The lowest BCUT2D eigenvalue weighted by Crippen LogP contribution is -2.48. The second kappa shape index (κ2) is 9.44. The third kappa shape index (κ3) is 4.86. The van der Waals surface area contributed by atoms with Gasteiger partial charge in [0, 0.05) is 58.9 Å². The maximum absolute atomic E-state index is 11.7. The van der Waals surface area contributed by atoms with Crippen LogP contribution in [0.15, 0.2) is 30.3 Å². The standard InChI is InChI=1S/C21H30N8O2/c1-2-25-8-12-27(13-9-25)20-18(29(30)31)19(22)23-21(24-20)28-14-10-26(11-15-28)16-17-6-4-3-5-7-17/h3-7H,2,8-16H2,1H3,(H2,22,23,24). The highest BCUT2D eigenvalue weighted by Crippen LogP contribution is 2.33. The molecule has 2 fully saturated rings. The molecule has 1 aromatic carbocycles. The van der Waals surface area contributed by atoms with Crippen LogP contribution in [0, 0.1) is 10.1 Å². The molecule has 2 aliphatic heterocycles. The van der Waals surface area contributed by atoms with Crippen molar-refractivity contribution in [3.8, 4) is 0 Å². The largest absolute Gasteiger partial charge is 0.378 e. The number of nitrogen functional groups attached to an aromatic ring is 1. The lowest BCUT2D eigenvalue weighted by atomic mass is 10.2. The lowest BCUT2D eigenvalue weighted by molar-refractivity contribution is -0.383. The van der Waals surface area contributed by atoms with E-state index in [1.807, 2.05) is 11.0 Å². The van der Waals surface area contributed by atoms with Gasteiger partial charge in [0.05, 0.1) is 4.92 Å². The second-order valence-corrected chi connectivity index (χ2v) is 8.01. The second-order valence-electron chi connectivity index (χ2n) is 8.01. The predicted molar refractivity (Wildman–Crippen MR) is 121 cm³/mol. The monoisotopic (exact) mass is 426 g/mol. The van der Waals surface area contributed by atoms with Crippen molar-refractivity contribution in [3.63, 3.8) is 0 Å². The van der Waals surface area contributed by atoms with E-state index in [1.54, 1.807) is 0 Å². The number of likely N-dealkylation sites (N-methyl/N-ethyl adjacent to an activating group) is 1. The molecule has 2 N–H and O–H groups in total. The molecule has 31 heavy (non-hydrogen) atoms. The number of benzene rings is 1. The summed E-state index contributed by atoms with van der Waals surface area (Å²) in [5.74, 6) is 0.764. The van der Waals surface area contributed by atoms with Crippen molar-refractivity contribution in [2.75, 3.05) is 74.4 Å². The van der Waals surface area contributed by atoms with Gasteiger partial charge in [0.2, 0.25) is 17.6 Å². The van der Waals surface area contributed by atoms with Crippen molar-refractivity contribution in [2.45, 2.75) is 13.5 Å². The summed E-state index contributed by atoms with van der Waals surface area (Å²) < 4.78 is 0. The molecule has 1 aromatic heterocycles. The Morgan fingerprint density at radius 3 is 2.16 bits per heavy atom. The number of hydrogen-bond donors (Lipinski definition) is 1. The number of rotatable bonds is 6. The van der Waals surface area contributed by atoms with Crippen LogP contribution in [0.2, 0.25) is 0 Å². The van der Waals surface area contributed by atoms with E-state index in [0.717, 1.165) is 52.4 Å². The maximum Gasteiger partial charge on any atom is 0.353 e. The van der Waals surface area contributed by atoms with E-state index in [0.29, 0.717) is 24.9 Å². The van der Waals surface area contributed by atoms with Crippen LogP contribution in [0.5, 0.6) is 0 Å². The summed E-state index contributed by atoms with van der Waals surface area (Å²) in [6.45, 7) is 10.3. The highest BCUT2D eigenvalue weighted by molar-refractivity contribution is 5.71. The Balaban J connectivity index is 1.49. The highest BCUT2D eigenvalue weighted by Gasteiger charge is 2.31. The Labute approximate surface area is 182 Å². The lowest BCUT2D eigenvalue weighted by Gasteiger charge is -2.36. The fraction of sp³-hybridized carbons (Fsp3) is 0.524. The molecule has 2 aromatic rings. The first kappa shape index (κ1) is 21.3. The fourth-order valence-corrected chi connectivity index (χ4v) is 4.21. The van der Waals surface area contributed by atoms with Crippen LogP contribution in [-0.2, 0) is 6.54 Å². The molecule has 2 aliphatic rings. The van der Waals surface area contributed by atoms with Gasteiger partial charge in [-0.2, -0.15) is 9.97 Å². The molecule has 3 heterocycles. The van der Waals surface area contributed by atoms with E-state index in [2.05, 4.69) is 55.9 Å². The number of hydrogen-bond acceptors (Lipinski definition) is 9. The van der Waals surface area contributed by atoms with Gasteiger partial charge in [-0.15, -0.1) is 0 Å². The minimum Gasteiger partial charge on any atom is -0.378 e. The molecule has 0 spiro atoms. The zero-order valence-electron chi connectivity index (χ0n) is 18.0. The van der Waals surface area contributed by atoms with Gasteiger partial charge < -0.3 is 20.4 Å². The van der Waals surface area contributed by atoms with Gasteiger partial charge in [0.25, 0.3) is 0 Å². The summed E-state index contributed by atoms with van der Waals surface area (Å²) in [5, 5.41) is 11.7. The van der Waals surface area contributed by atoms with E-state index < -0.39 is 4.92 Å². The van der Waals surface area contributed by atoms with Gasteiger partial charge in [-0.3, -0.25) is 15.0 Å². The van der Waals surface area contributed by atoms with Crippen molar-refractivity contribution < 1.29 is 4.92 Å². The first-order chi connectivity index (χ1) is 15.0. The zero-order chi connectivity index (χ0) is 21.8. The Morgan fingerprint density at radius 1 is 0.935 bits per heavy atom. The van der Waals surface area contributed by atoms with E-state index >= 15 is 0 Å². The Hall–Kier alpha value is -2.98. The molecule has 10 nitrogen and oxygen atoms in total. The van der Waals surface area contributed by atoms with Gasteiger partial charge in [0.15, 0.2) is 0 Å². The van der Waals surface area contributed by atoms with Crippen LogP contribution >= 0.6 is 0 Å². The molecule has 0 aliphatic carbocycles. The number of aromatic nitrogens is 2. The maximum atomic E-state index is 11.7. The summed E-state index contributed by atoms with van der Waals surface area (Å²) in [6, 6.07) is 10.4. The van der Waals surface area contributed by atoms with Crippen molar-refractivity contribution in [2.24, 2.45) is 0 Å². The predicted octanol–water partition coefficient (Wildman–Crippen LogP) is 1.43. The molecule has 2 saturated heterocycles. The molecule has 0 unspecified atom stereocenters. The van der Waals surface area contributed by atoms with Gasteiger partial charge in [-0.1, -0.05) is 37.3 Å². The van der Waals surface area contributed by atoms with Crippen LogP contribution in [-0.4, -0.2) is 83.6 Å². The topological polar surface area (TPSA) is 108 Å². The van der Waals surface area contributed by atoms with Crippen LogP contribution < -0.4 is 15.5 Å². The van der Waals surface area contributed by atoms with Gasteiger partial charge in [-0.25, -0.2) is 0 Å². The first-order valence-electron chi connectivity index (χ1n) is 10.9. The summed E-state index contributed by atoms with van der Waals surface area (Å²) in [4.78, 5) is 29.0. The number of nitro groups is 1. The van der Waals surface area contributed by atoms with E-state index in [9.17, 15) is 10.1 Å². The number of nitrogens with zero attached hydrogens (tertiary/aromatic N) is 7. The summed E-state index contributed by atoms with van der Waals surface area (Å²) >= 11 is 0. The molecule has 0 saturated carbocycles. The third-order valence-corrected chi connectivity index (χ3v) is 6.09. The first-order valence-corrected chi connectivity index (χ1v) is 10.9. The van der Waals surface area contributed by atoms with Crippen LogP contribution in [0.4, 0.5) is 23.3 Å². The molecule has 10 heteroatoms. The zero-order valence-corrected chi connectivity index (χ0v) is 18.0. The Kier molecular flexibility index (Phi) is 6.47. The number of piperazine rings is 2. The Morgan fingerprint density at radius 2 is 1.55 bits per heavy atom. The minimum absolute atomic E-state index is 0.0605. The number of nitrogens with two attached hydrogens (primary N) is 1. The Bertz CT molecular complexity index is 894. The van der Waals surface area contributed by atoms with E-state index in [-0.39, 0.29) is 11.5 Å². The van der Waals surface area contributed by atoms with Crippen molar-refractivity contribution in [1.82, 2.24) is 19.8 Å². The molecule has 0 amide bonds. The van der Waals surface area contributed by atoms with E-state index in [4.69, 9.17) is 5.73 Å². The molecule has 0 radical (unpaired) electrons. The average molecular weight is 427 g/mol.